The monoisotopic (exact) mass is 193 g/mol. The molecule has 1 aliphatic rings. The first-order valence-electron chi connectivity index (χ1n) is 5.29. The summed E-state index contributed by atoms with van der Waals surface area (Å²) in [5.74, 6) is 0. The van der Waals surface area contributed by atoms with Crippen molar-refractivity contribution in [2.45, 2.75) is 39.2 Å². The summed E-state index contributed by atoms with van der Waals surface area (Å²) in [6.07, 6.45) is 5.83. The average Bonchev–Trinajstić information content (AvgIpc) is 2.40. The van der Waals surface area contributed by atoms with Crippen molar-refractivity contribution in [2.24, 2.45) is 18.2 Å². The lowest BCUT2D eigenvalue weighted by Crippen LogP contribution is -2.38. The summed E-state index contributed by atoms with van der Waals surface area (Å²) in [5, 5.41) is 4.45. The lowest BCUT2D eigenvalue weighted by molar-refractivity contribution is 0.116. The molecule has 0 bridgehead atoms. The molecule has 1 saturated carbocycles. The molecular weight excluding hydrogens is 174 g/mol. The van der Waals surface area contributed by atoms with E-state index in [-0.39, 0.29) is 6.04 Å². The minimum Gasteiger partial charge on any atom is -0.322 e. The molecule has 0 amide bonds. The third-order valence-electron chi connectivity index (χ3n) is 3.59. The van der Waals surface area contributed by atoms with Crippen LogP contribution in [0.5, 0.6) is 0 Å². The van der Waals surface area contributed by atoms with E-state index in [1.807, 2.05) is 17.9 Å². The van der Waals surface area contributed by atoms with Gasteiger partial charge >= 0.3 is 0 Å². The highest BCUT2D eigenvalue weighted by molar-refractivity contribution is 5.21. The third kappa shape index (κ3) is 1.36. The lowest BCUT2D eigenvalue weighted by atomic mass is 9.65. The van der Waals surface area contributed by atoms with E-state index in [1.54, 1.807) is 0 Å². The van der Waals surface area contributed by atoms with Gasteiger partial charge in [-0.25, -0.2) is 0 Å². The molecule has 1 aromatic rings. The Hall–Kier alpha value is -0.830. The molecule has 14 heavy (non-hydrogen) atoms. The average molecular weight is 193 g/mol. The Kier molecular flexibility index (Phi) is 2.14. The first-order valence-corrected chi connectivity index (χ1v) is 5.29. The molecule has 0 spiro atoms. The van der Waals surface area contributed by atoms with Gasteiger partial charge in [-0.15, -0.1) is 0 Å². The largest absolute Gasteiger partial charge is 0.322 e. The van der Waals surface area contributed by atoms with Crippen LogP contribution in [0.3, 0.4) is 0 Å². The number of hydrogen-bond donors (Lipinski definition) is 1. The highest BCUT2D eigenvalue weighted by Gasteiger charge is 2.40. The Morgan fingerprint density at radius 2 is 2.21 bits per heavy atom. The van der Waals surface area contributed by atoms with Gasteiger partial charge in [0.15, 0.2) is 0 Å². The predicted molar refractivity (Wildman–Crippen MR) is 56.8 cm³/mol. The Morgan fingerprint density at radius 3 is 2.57 bits per heavy atom. The van der Waals surface area contributed by atoms with Crippen LogP contribution in [-0.4, -0.2) is 9.78 Å². The molecule has 1 aliphatic carbocycles. The summed E-state index contributed by atoms with van der Waals surface area (Å²) in [6, 6.07) is 0.109. The van der Waals surface area contributed by atoms with Crippen LogP contribution in [0.1, 0.15) is 43.5 Å². The molecule has 1 aromatic heterocycles. The maximum absolute atomic E-state index is 6.27. The number of rotatable bonds is 2. The van der Waals surface area contributed by atoms with E-state index >= 15 is 0 Å². The summed E-state index contributed by atoms with van der Waals surface area (Å²) in [6.45, 7) is 4.36. The minimum atomic E-state index is 0.109. The number of aromatic nitrogens is 2. The molecular formula is C11H19N3. The van der Waals surface area contributed by atoms with Crippen molar-refractivity contribution >= 4 is 0 Å². The van der Waals surface area contributed by atoms with Crippen molar-refractivity contribution in [2.75, 3.05) is 0 Å². The maximum atomic E-state index is 6.27. The van der Waals surface area contributed by atoms with Gasteiger partial charge in [0.1, 0.15) is 0 Å². The van der Waals surface area contributed by atoms with Gasteiger partial charge in [-0.1, -0.05) is 13.3 Å². The number of aryl methyl sites for hydroxylation is 2. The fourth-order valence-corrected chi connectivity index (χ4v) is 2.31. The third-order valence-corrected chi connectivity index (χ3v) is 3.59. The second-order valence-electron chi connectivity index (χ2n) is 4.86. The van der Waals surface area contributed by atoms with Gasteiger partial charge in [0.05, 0.1) is 11.7 Å². The topological polar surface area (TPSA) is 43.8 Å². The van der Waals surface area contributed by atoms with Gasteiger partial charge in [0.25, 0.3) is 0 Å². The SMILES string of the molecule is Cc1cn(C)nc1[C@H](N)C1(C)CCC1. The molecule has 78 valence electrons. The highest BCUT2D eigenvalue weighted by atomic mass is 15.3. The van der Waals surface area contributed by atoms with Crippen molar-refractivity contribution < 1.29 is 0 Å². The second kappa shape index (κ2) is 3.09. The lowest BCUT2D eigenvalue weighted by Gasteiger charge is -2.42. The van der Waals surface area contributed by atoms with E-state index < -0.39 is 0 Å². The molecule has 1 fully saturated rings. The molecule has 3 nitrogen and oxygen atoms in total. The summed E-state index contributed by atoms with van der Waals surface area (Å²) < 4.78 is 1.85. The van der Waals surface area contributed by atoms with Gasteiger partial charge in [0, 0.05) is 13.2 Å². The molecule has 3 heteroatoms. The number of nitrogens with two attached hydrogens (primary N) is 1. The van der Waals surface area contributed by atoms with Crippen LogP contribution in [-0.2, 0) is 7.05 Å². The normalized spacial score (nSPS) is 21.7. The molecule has 2 N–H and O–H groups in total. The van der Waals surface area contributed by atoms with Crippen LogP contribution in [0.15, 0.2) is 6.20 Å². The number of nitrogens with zero attached hydrogens (tertiary/aromatic N) is 2. The molecule has 0 unspecified atom stereocenters. The van der Waals surface area contributed by atoms with E-state index in [9.17, 15) is 0 Å². The first-order chi connectivity index (χ1) is 6.53. The highest BCUT2D eigenvalue weighted by Crippen LogP contribution is 2.48. The summed E-state index contributed by atoms with van der Waals surface area (Å²) in [5.41, 5.74) is 8.86. The minimum absolute atomic E-state index is 0.109. The van der Waals surface area contributed by atoms with E-state index in [4.69, 9.17) is 5.73 Å². The summed E-state index contributed by atoms with van der Waals surface area (Å²) in [7, 11) is 1.95. The molecule has 0 radical (unpaired) electrons. The van der Waals surface area contributed by atoms with Crippen LogP contribution in [0.25, 0.3) is 0 Å². The zero-order valence-electron chi connectivity index (χ0n) is 9.25. The van der Waals surface area contributed by atoms with Crippen LogP contribution < -0.4 is 5.73 Å². The fourth-order valence-electron chi connectivity index (χ4n) is 2.31. The van der Waals surface area contributed by atoms with Gasteiger partial charge in [0.2, 0.25) is 0 Å². The van der Waals surface area contributed by atoms with E-state index in [2.05, 4.69) is 18.9 Å². The van der Waals surface area contributed by atoms with Gasteiger partial charge < -0.3 is 5.73 Å². The Morgan fingerprint density at radius 1 is 1.57 bits per heavy atom. The summed E-state index contributed by atoms with van der Waals surface area (Å²) >= 11 is 0. The molecule has 0 aliphatic heterocycles. The zero-order valence-corrected chi connectivity index (χ0v) is 9.25. The van der Waals surface area contributed by atoms with Crippen molar-refractivity contribution in [3.8, 4) is 0 Å². The van der Waals surface area contributed by atoms with Gasteiger partial charge in [-0.05, 0) is 30.7 Å². The smallest absolute Gasteiger partial charge is 0.0826 e. The van der Waals surface area contributed by atoms with E-state index in [0.29, 0.717) is 5.41 Å². The van der Waals surface area contributed by atoms with E-state index in [1.165, 1.54) is 24.8 Å². The van der Waals surface area contributed by atoms with Gasteiger partial charge in [-0.2, -0.15) is 5.10 Å². The summed E-state index contributed by atoms with van der Waals surface area (Å²) in [4.78, 5) is 0. The van der Waals surface area contributed by atoms with Crippen LogP contribution >= 0.6 is 0 Å². The first kappa shape index (κ1) is 9.71. The Labute approximate surface area is 85.3 Å². The predicted octanol–water partition coefficient (Wildman–Crippen LogP) is 1.92. The second-order valence-corrected chi connectivity index (χ2v) is 4.86. The Bertz CT molecular complexity index is 336. The van der Waals surface area contributed by atoms with Gasteiger partial charge in [-0.3, -0.25) is 4.68 Å². The standard InChI is InChI=1S/C11H19N3/c1-8-7-14(3)13-9(8)10(12)11(2)5-4-6-11/h7,10H,4-6,12H2,1-3H3/t10-/m0/s1. The molecule has 2 rings (SSSR count). The number of hydrogen-bond acceptors (Lipinski definition) is 2. The molecule has 0 aromatic carbocycles. The van der Waals surface area contributed by atoms with Crippen LogP contribution in [0.4, 0.5) is 0 Å². The fraction of sp³-hybridized carbons (Fsp3) is 0.727. The quantitative estimate of drug-likeness (QED) is 0.779. The van der Waals surface area contributed by atoms with Crippen LogP contribution in [0.2, 0.25) is 0 Å². The van der Waals surface area contributed by atoms with Crippen molar-refractivity contribution in [3.05, 3.63) is 17.5 Å². The molecule has 0 saturated heterocycles. The van der Waals surface area contributed by atoms with Crippen molar-refractivity contribution in [1.29, 1.82) is 0 Å². The molecule has 1 heterocycles. The zero-order chi connectivity index (χ0) is 10.3. The Balaban J connectivity index is 2.26. The maximum Gasteiger partial charge on any atom is 0.0826 e. The molecule has 1 atom stereocenters. The van der Waals surface area contributed by atoms with Crippen LogP contribution in [0, 0.1) is 12.3 Å². The van der Waals surface area contributed by atoms with Crippen molar-refractivity contribution in [1.82, 2.24) is 9.78 Å². The van der Waals surface area contributed by atoms with Crippen molar-refractivity contribution in [3.63, 3.8) is 0 Å². The van der Waals surface area contributed by atoms with E-state index in [0.717, 1.165) is 5.69 Å².